The van der Waals surface area contributed by atoms with Crippen molar-refractivity contribution in [1.82, 2.24) is 0 Å². The first-order valence-corrected chi connectivity index (χ1v) is 6.35. The maximum Gasteiger partial charge on any atom is 0.0842 e. The molecule has 1 aliphatic heterocycles. The third kappa shape index (κ3) is 2.59. The Balaban J connectivity index is 1.97. The summed E-state index contributed by atoms with van der Waals surface area (Å²) in [7, 11) is 0. The Kier molecular flexibility index (Phi) is 3.30. The van der Waals surface area contributed by atoms with Crippen LogP contribution in [-0.4, -0.2) is 12.2 Å². The van der Waals surface area contributed by atoms with Gasteiger partial charge in [-0.2, -0.15) is 0 Å². The maximum atomic E-state index is 5.38. The summed E-state index contributed by atoms with van der Waals surface area (Å²) in [5.41, 5.74) is 1.35. The fraction of sp³-hybridized carbons (Fsp3) is 0.455. The van der Waals surface area contributed by atoms with E-state index in [1.165, 1.54) is 10.0 Å². The van der Waals surface area contributed by atoms with Crippen molar-refractivity contribution < 1.29 is 4.74 Å². The molecule has 1 aliphatic rings. The van der Waals surface area contributed by atoms with Gasteiger partial charge in [-0.15, -0.1) is 0 Å². The highest BCUT2D eigenvalue weighted by atomic mass is 79.9. The minimum atomic E-state index is 0.473. The summed E-state index contributed by atoms with van der Waals surface area (Å²) in [6.45, 7) is 2.13. The first kappa shape index (κ1) is 10.7. The number of ether oxygens (including phenoxy) is 1. The normalized spacial score (nSPS) is 25.1. The molecule has 1 aromatic rings. The van der Waals surface area contributed by atoms with Crippen molar-refractivity contribution in [2.24, 2.45) is 0 Å². The van der Waals surface area contributed by atoms with Crippen LogP contribution >= 0.6 is 31.9 Å². The van der Waals surface area contributed by atoms with E-state index in [-0.39, 0.29) is 0 Å². The monoisotopic (exact) mass is 318 g/mol. The zero-order valence-corrected chi connectivity index (χ0v) is 11.1. The van der Waals surface area contributed by atoms with Crippen LogP contribution in [-0.2, 0) is 11.2 Å². The molecule has 1 aromatic carbocycles. The lowest BCUT2D eigenvalue weighted by molar-refractivity contribution is 0.370. The van der Waals surface area contributed by atoms with Gasteiger partial charge in [0.05, 0.1) is 12.2 Å². The summed E-state index contributed by atoms with van der Waals surface area (Å²) in [6.07, 6.45) is 3.16. The van der Waals surface area contributed by atoms with Gasteiger partial charge in [0.15, 0.2) is 0 Å². The van der Waals surface area contributed by atoms with Crippen molar-refractivity contribution in [3.63, 3.8) is 0 Å². The molecule has 0 saturated carbocycles. The third-order valence-electron chi connectivity index (χ3n) is 2.54. The van der Waals surface area contributed by atoms with Crippen molar-refractivity contribution in [2.45, 2.75) is 32.0 Å². The number of hydrogen-bond donors (Lipinski definition) is 0. The van der Waals surface area contributed by atoms with Crippen molar-refractivity contribution in [3.8, 4) is 0 Å². The van der Waals surface area contributed by atoms with E-state index in [0.29, 0.717) is 12.2 Å². The van der Waals surface area contributed by atoms with Crippen LogP contribution in [0.2, 0.25) is 0 Å². The van der Waals surface area contributed by atoms with Crippen LogP contribution in [0.25, 0.3) is 0 Å². The molecule has 1 nitrogen and oxygen atoms in total. The van der Waals surface area contributed by atoms with Crippen LogP contribution in [0.4, 0.5) is 0 Å². The van der Waals surface area contributed by atoms with Crippen molar-refractivity contribution in [3.05, 3.63) is 32.7 Å². The van der Waals surface area contributed by atoms with Crippen molar-refractivity contribution in [1.29, 1.82) is 0 Å². The van der Waals surface area contributed by atoms with E-state index >= 15 is 0 Å². The maximum absolute atomic E-state index is 5.38. The summed E-state index contributed by atoms with van der Waals surface area (Å²) in [5.74, 6) is 0. The molecule has 0 spiro atoms. The van der Waals surface area contributed by atoms with Crippen LogP contribution < -0.4 is 0 Å². The second kappa shape index (κ2) is 4.33. The second-order valence-electron chi connectivity index (χ2n) is 3.65. The molecule has 0 N–H and O–H groups in total. The Morgan fingerprint density at radius 1 is 1.36 bits per heavy atom. The van der Waals surface area contributed by atoms with E-state index in [2.05, 4.69) is 50.9 Å². The third-order valence-corrected chi connectivity index (χ3v) is 3.81. The first-order chi connectivity index (χ1) is 6.66. The molecule has 1 heterocycles. The van der Waals surface area contributed by atoms with Gasteiger partial charge in [-0.1, -0.05) is 31.9 Å². The average molecular weight is 320 g/mol. The zero-order chi connectivity index (χ0) is 10.1. The van der Waals surface area contributed by atoms with Crippen molar-refractivity contribution >= 4 is 31.9 Å². The predicted molar refractivity (Wildman–Crippen MR) is 64.5 cm³/mol. The highest BCUT2D eigenvalue weighted by molar-refractivity contribution is 9.11. The summed E-state index contributed by atoms with van der Waals surface area (Å²) in [4.78, 5) is 0. The fourth-order valence-corrected chi connectivity index (χ4v) is 2.42. The van der Waals surface area contributed by atoms with Gasteiger partial charge in [-0.05, 0) is 43.5 Å². The van der Waals surface area contributed by atoms with E-state index in [1.807, 2.05) is 6.07 Å². The standard InChI is InChI=1S/C11H12Br2O/c1-7-11(14-7)5-2-8-6-9(12)3-4-10(8)13/h3-4,6-7,11H,2,5H2,1H3. The summed E-state index contributed by atoms with van der Waals surface area (Å²) in [6, 6.07) is 6.29. The van der Waals surface area contributed by atoms with Crippen LogP contribution in [0.15, 0.2) is 27.1 Å². The Labute approximate surface area is 101 Å². The molecule has 2 rings (SSSR count). The lowest BCUT2D eigenvalue weighted by Crippen LogP contribution is -1.94. The van der Waals surface area contributed by atoms with Gasteiger partial charge in [-0.25, -0.2) is 0 Å². The van der Waals surface area contributed by atoms with Gasteiger partial charge in [0.2, 0.25) is 0 Å². The molecule has 0 bridgehead atoms. The number of benzene rings is 1. The Morgan fingerprint density at radius 3 is 2.71 bits per heavy atom. The molecule has 3 heteroatoms. The van der Waals surface area contributed by atoms with E-state index in [9.17, 15) is 0 Å². The van der Waals surface area contributed by atoms with Crippen LogP contribution in [0, 0.1) is 0 Å². The number of epoxide rings is 1. The minimum absolute atomic E-state index is 0.473. The molecule has 0 radical (unpaired) electrons. The predicted octanol–water partition coefficient (Wildman–Crippen LogP) is 3.93. The molecule has 76 valence electrons. The molecule has 2 unspecified atom stereocenters. The molecule has 14 heavy (non-hydrogen) atoms. The highest BCUT2D eigenvalue weighted by Crippen LogP contribution is 2.28. The topological polar surface area (TPSA) is 12.5 Å². The summed E-state index contributed by atoms with van der Waals surface area (Å²) in [5, 5.41) is 0. The molecular weight excluding hydrogens is 308 g/mol. The van der Waals surface area contributed by atoms with Gasteiger partial charge in [0, 0.05) is 8.95 Å². The fourth-order valence-electron chi connectivity index (χ4n) is 1.57. The van der Waals surface area contributed by atoms with Gasteiger partial charge < -0.3 is 4.74 Å². The Hall–Kier alpha value is 0.140. The number of rotatable bonds is 3. The van der Waals surface area contributed by atoms with Gasteiger partial charge in [0.1, 0.15) is 0 Å². The SMILES string of the molecule is CC1OC1CCc1cc(Br)ccc1Br. The minimum Gasteiger partial charge on any atom is -0.370 e. The molecule has 0 aliphatic carbocycles. The molecule has 0 amide bonds. The number of aryl methyl sites for hydroxylation is 1. The summed E-state index contributed by atoms with van der Waals surface area (Å²) >= 11 is 7.03. The highest BCUT2D eigenvalue weighted by Gasteiger charge is 2.33. The van der Waals surface area contributed by atoms with Gasteiger partial charge in [0.25, 0.3) is 0 Å². The van der Waals surface area contributed by atoms with Crippen LogP contribution in [0.5, 0.6) is 0 Å². The van der Waals surface area contributed by atoms with E-state index < -0.39 is 0 Å². The quantitative estimate of drug-likeness (QED) is 0.769. The molecule has 0 aromatic heterocycles. The van der Waals surface area contributed by atoms with Gasteiger partial charge >= 0.3 is 0 Å². The number of hydrogen-bond acceptors (Lipinski definition) is 1. The molecule has 2 atom stereocenters. The lowest BCUT2D eigenvalue weighted by atomic mass is 10.1. The van der Waals surface area contributed by atoms with Gasteiger partial charge in [-0.3, -0.25) is 0 Å². The van der Waals surface area contributed by atoms with Crippen LogP contribution in [0.3, 0.4) is 0 Å². The lowest BCUT2D eigenvalue weighted by Gasteiger charge is -2.03. The second-order valence-corrected chi connectivity index (χ2v) is 5.42. The largest absolute Gasteiger partial charge is 0.370 e. The summed E-state index contributed by atoms with van der Waals surface area (Å²) < 4.78 is 7.71. The van der Waals surface area contributed by atoms with E-state index in [1.54, 1.807) is 0 Å². The molecular formula is C11H12Br2O. The average Bonchev–Trinajstić information content (AvgIpc) is 2.84. The van der Waals surface area contributed by atoms with Crippen LogP contribution in [0.1, 0.15) is 18.9 Å². The smallest absolute Gasteiger partial charge is 0.0842 e. The molecule has 1 saturated heterocycles. The van der Waals surface area contributed by atoms with Crippen molar-refractivity contribution in [2.75, 3.05) is 0 Å². The molecule has 1 fully saturated rings. The number of halogens is 2. The zero-order valence-electron chi connectivity index (χ0n) is 7.97. The Morgan fingerprint density at radius 2 is 2.07 bits per heavy atom. The Bertz CT molecular complexity index is 338. The first-order valence-electron chi connectivity index (χ1n) is 4.76. The van der Waals surface area contributed by atoms with E-state index in [0.717, 1.165) is 17.3 Å². The van der Waals surface area contributed by atoms with E-state index in [4.69, 9.17) is 4.74 Å².